The van der Waals surface area contributed by atoms with E-state index in [4.69, 9.17) is 11.6 Å². The van der Waals surface area contributed by atoms with Gasteiger partial charge in [-0.15, -0.1) is 0 Å². The van der Waals surface area contributed by atoms with E-state index in [1.54, 1.807) is 6.20 Å². The number of amides is 1. The van der Waals surface area contributed by atoms with E-state index in [1.165, 1.54) is 0 Å². The number of pyridine rings is 1. The molecule has 2 N–H and O–H groups in total. The van der Waals surface area contributed by atoms with Crippen molar-refractivity contribution in [3.05, 3.63) is 59.4 Å². The molecule has 3 heterocycles. The molecule has 1 aromatic carbocycles. The lowest BCUT2D eigenvalue weighted by molar-refractivity contribution is -0.133. The number of halogens is 1. The number of hydrogen-bond donors (Lipinski definition) is 2. The van der Waals surface area contributed by atoms with E-state index >= 15 is 0 Å². The second-order valence-electron chi connectivity index (χ2n) is 6.70. The van der Waals surface area contributed by atoms with Crippen molar-refractivity contribution in [2.75, 3.05) is 31.1 Å². The third-order valence-electron chi connectivity index (χ3n) is 5.07. The number of anilines is 1. The second kappa shape index (κ2) is 7.61. The molecule has 2 aromatic rings. The van der Waals surface area contributed by atoms with Gasteiger partial charge in [-0.3, -0.25) is 9.78 Å². The summed E-state index contributed by atoms with van der Waals surface area (Å²) >= 11 is 5.96. The minimum Gasteiger partial charge on any atom is -0.368 e. The fourth-order valence-electron chi connectivity index (χ4n) is 3.58. The van der Waals surface area contributed by atoms with E-state index in [1.807, 2.05) is 47.5 Å². The summed E-state index contributed by atoms with van der Waals surface area (Å²) in [7, 11) is 0. The van der Waals surface area contributed by atoms with Crippen molar-refractivity contribution < 1.29 is 4.79 Å². The standard InChI is InChI=1S/C19H22ClN5O/c20-15-3-5-16(6-4-15)24-8-10-25(11-9-24)19(26)18-12-17(22-23-18)14-2-1-7-21-13-14/h1-7,13,17-18,22-23H,8-12H2. The molecule has 2 saturated heterocycles. The summed E-state index contributed by atoms with van der Waals surface area (Å²) in [5, 5.41) is 0.741. The minimum atomic E-state index is -0.192. The number of benzene rings is 1. The lowest BCUT2D eigenvalue weighted by atomic mass is 10.0. The average molecular weight is 372 g/mol. The maximum atomic E-state index is 12.8. The largest absolute Gasteiger partial charge is 0.368 e. The first-order valence-corrected chi connectivity index (χ1v) is 9.29. The molecule has 2 atom stereocenters. The Morgan fingerprint density at radius 2 is 1.85 bits per heavy atom. The van der Waals surface area contributed by atoms with E-state index < -0.39 is 0 Å². The van der Waals surface area contributed by atoms with Crippen LogP contribution in [-0.4, -0.2) is 48.0 Å². The van der Waals surface area contributed by atoms with E-state index in [2.05, 4.69) is 20.7 Å². The number of nitrogens with zero attached hydrogens (tertiary/aromatic N) is 3. The molecule has 4 rings (SSSR count). The molecular weight excluding hydrogens is 350 g/mol. The Labute approximate surface area is 158 Å². The maximum Gasteiger partial charge on any atom is 0.241 e. The zero-order chi connectivity index (χ0) is 17.9. The topological polar surface area (TPSA) is 60.5 Å². The molecule has 0 spiro atoms. The van der Waals surface area contributed by atoms with Gasteiger partial charge in [0.1, 0.15) is 6.04 Å². The number of hydrogen-bond acceptors (Lipinski definition) is 5. The normalized spacial score (nSPS) is 23.3. The minimum absolute atomic E-state index is 0.119. The highest BCUT2D eigenvalue weighted by atomic mass is 35.5. The van der Waals surface area contributed by atoms with Crippen LogP contribution in [0.5, 0.6) is 0 Å². The zero-order valence-corrected chi connectivity index (χ0v) is 15.2. The van der Waals surface area contributed by atoms with Crippen molar-refractivity contribution in [3.63, 3.8) is 0 Å². The molecular formula is C19H22ClN5O. The van der Waals surface area contributed by atoms with Crippen molar-refractivity contribution in [1.29, 1.82) is 0 Å². The van der Waals surface area contributed by atoms with Crippen LogP contribution in [0, 0.1) is 0 Å². The summed E-state index contributed by atoms with van der Waals surface area (Å²) in [5.74, 6) is 0.166. The average Bonchev–Trinajstić information content (AvgIpc) is 3.19. The molecule has 0 saturated carbocycles. The first-order chi connectivity index (χ1) is 12.7. The van der Waals surface area contributed by atoms with E-state index in [9.17, 15) is 4.79 Å². The van der Waals surface area contributed by atoms with Gasteiger partial charge in [0.15, 0.2) is 0 Å². The van der Waals surface area contributed by atoms with Crippen LogP contribution in [-0.2, 0) is 4.79 Å². The number of rotatable bonds is 3. The molecule has 2 aliphatic rings. The summed E-state index contributed by atoms with van der Waals surface area (Å²) in [5.41, 5.74) is 8.63. The SMILES string of the molecule is O=C(C1CC(c2cccnc2)NN1)N1CCN(c2ccc(Cl)cc2)CC1. The third-order valence-corrected chi connectivity index (χ3v) is 5.32. The summed E-state index contributed by atoms with van der Waals surface area (Å²) in [6, 6.07) is 11.7. The third kappa shape index (κ3) is 3.67. The molecule has 2 unspecified atom stereocenters. The second-order valence-corrected chi connectivity index (χ2v) is 7.14. The summed E-state index contributed by atoms with van der Waals surface area (Å²) in [6.07, 6.45) is 4.34. The predicted molar refractivity (Wildman–Crippen MR) is 102 cm³/mol. The lowest BCUT2D eigenvalue weighted by Crippen LogP contribution is -2.53. The zero-order valence-electron chi connectivity index (χ0n) is 14.4. The van der Waals surface area contributed by atoms with Crippen LogP contribution in [0.4, 0.5) is 5.69 Å². The number of hydrazine groups is 1. The Balaban J connectivity index is 1.32. The van der Waals surface area contributed by atoms with Crippen LogP contribution < -0.4 is 15.8 Å². The van der Waals surface area contributed by atoms with Gasteiger partial charge in [-0.25, -0.2) is 10.9 Å². The summed E-state index contributed by atoms with van der Waals surface area (Å²) in [4.78, 5) is 21.2. The number of carbonyl (C=O) groups excluding carboxylic acids is 1. The van der Waals surface area contributed by atoms with Gasteiger partial charge in [-0.05, 0) is 42.3 Å². The number of nitrogens with one attached hydrogen (secondary N) is 2. The van der Waals surface area contributed by atoms with Crippen molar-refractivity contribution in [2.24, 2.45) is 0 Å². The highest BCUT2D eigenvalue weighted by molar-refractivity contribution is 6.30. The van der Waals surface area contributed by atoms with Crippen molar-refractivity contribution in [3.8, 4) is 0 Å². The fourth-order valence-corrected chi connectivity index (χ4v) is 3.70. The van der Waals surface area contributed by atoms with Crippen molar-refractivity contribution in [2.45, 2.75) is 18.5 Å². The van der Waals surface area contributed by atoms with Crippen LogP contribution >= 0.6 is 11.6 Å². The molecule has 6 nitrogen and oxygen atoms in total. The van der Waals surface area contributed by atoms with Crippen molar-refractivity contribution >= 4 is 23.2 Å². The summed E-state index contributed by atoms with van der Waals surface area (Å²) in [6.45, 7) is 3.13. The van der Waals surface area contributed by atoms with Gasteiger partial charge >= 0.3 is 0 Å². The Morgan fingerprint density at radius 3 is 2.54 bits per heavy atom. The van der Waals surface area contributed by atoms with Crippen LogP contribution in [0.1, 0.15) is 18.0 Å². The van der Waals surface area contributed by atoms with Crippen molar-refractivity contribution in [1.82, 2.24) is 20.7 Å². The number of aromatic nitrogens is 1. The maximum absolute atomic E-state index is 12.8. The van der Waals surface area contributed by atoms with Gasteiger partial charge in [0.25, 0.3) is 0 Å². The quantitative estimate of drug-likeness (QED) is 0.864. The lowest BCUT2D eigenvalue weighted by Gasteiger charge is -2.37. The van der Waals surface area contributed by atoms with Gasteiger partial charge in [0, 0.05) is 55.3 Å². The molecule has 1 aromatic heterocycles. The Kier molecular flexibility index (Phi) is 5.06. The Morgan fingerprint density at radius 1 is 1.08 bits per heavy atom. The van der Waals surface area contributed by atoms with Gasteiger partial charge < -0.3 is 9.80 Å². The van der Waals surface area contributed by atoms with E-state index in [-0.39, 0.29) is 18.0 Å². The van der Waals surface area contributed by atoms with Gasteiger partial charge in [-0.2, -0.15) is 0 Å². The number of carbonyl (C=O) groups is 1. The smallest absolute Gasteiger partial charge is 0.241 e. The molecule has 0 bridgehead atoms. The van der Waals surface area contributed by atoms with Gasteiger partial charge in [0.2, 0.25) is 5.91 Å². The first kappa shape index (κ1) is 17.3. The van der Waals surface area contributed by atoms with Crippen LogP contribution in [0.2, 0.25) is 5.02 Å². The Bertz CT molecular complexity index is 746. The molecule has 1 amide bonds. The fraction of sp³-hybridized carbons (Fsp3) is 0.368. The van der Waals surface area contributed by atoms with Crippen LogP contribution in [0.3, 0.4) is 0 Å². The van der Waals surface area contributed by atoms with E-state index in [0.29, 0.717) is 0 Å². The highest BCUT2D eigenvalue weighted by Crippen LogP contribution is 2.23. The van der Waals surface area contributed by atoms with Crippen LogP contribution in [0.25, 0.3) is 0 Å². The molecule has 7 heteroatoms. The Hall–Kier alpha value is -2.15. The van der Waals surface area contributed by atoms with Gasteiger partial charge in [0.05, 0.1) is 0 Å². The predicted octanol–water partition coefficient (Wildman–Crippen LogP) is 1.99. The molecule has 26 heavy (non-hydrogen) atoms. The van der Waals surface area contributed by atoms with Crippen LogP contribution in [0.15, 0.2) is 48.8 Å². The molecule has 0 aliphatic carbocycles. The van der Waals surface area contributed by atoms with Gasteiger partial charge in [-0.1, -0.05) is 17.7 Å². The molecule has 0 radical (unpaired) electrons. The first-order valence-electron chi connectivity index (χ1n) is 8.91. The monoisotopic (exact) mass is 371 g/mol. The summed E-state index contributed by atoms with van der Waals surface area (Å²) < 4.78 is 0. The molecule has 2 fully saturated rings. The molecule has 2 aliphatic heterocycles. The number of piperazine rings is 1. The highest BCUT2D eigenvalue weighted by Gasteiger charge is 2.34. The van der Waals surface area contributed by atoms with E-state index in [0.717, 1.165) is 48.9 Å². The molecule has 136 valence electrons.